The number of hydrogen-bond donors (Lipinski definition) is 5. The second kappa shape index (κ2) is 13.7. The van der Waals surface area contributed by atoms with Gasteiger partial charge >= 0.3 is 5.97 Å². The fourth-order valence-electron chi connectivity index (χ4n) is 3.29. The number of carbonyl (C=O) groups is 4. The summed E-state index contributed by atoms with van der Waals surface area (Å²) >= 11 is 0. The molecule has 2 aromatic carbocycles. The Balaban J connectivity index is 2.01. The van der Waals surface area contributed by atoms with Crippen LogP contribution in [0.1, 0.15) is 40.7 Å². The maximum absolute atomic E-state index is 12.9. The average molecular weight is 469 g/mol. The first kappa shape index (κ1) is 26.5. The van der Waals surface area contributed by atoms with E-state index in [0.717, 1.165) is 11.1 Å². The summed E-state index contributed by atoms with van der Waals surface area (Å²) in [6, 6.07) is 14.1. The number of benzene rings is 2. The molecule has 2 atom stereocenters. The number of rotatable bonds is 13. The zero-order chi connectivity index (χ0) is 24.9. The predicted octanol–water partition coefficient (Wildman–Crippen LogP) is 1.15. The van der Waals surface area contributed by atoms with Gasteiger partial charge in [-0.2, -0.15) is 0 Å². The van der Waals surface area contributed by atoms with Crippen LogP contribution in [0.4, 0.5) is 0 Å². The van der Waals surface area contributed by atoms with Crippen LogP contribution in [0, 0.1) is 6.92 Å². The molecule has 3 amide bonds. The van der Waals surface area contributed by atoms with Gasteiger partial charge in [0, 0.05) is 12.0 Å². The first-order chi connectivity index (χ1) is 16.3. The first-order valence-corrected chi connectivity index (χ1v) is 11.2. The van der Waals surface area contributed by atoms with E-state index in [9.17, 15) is 24.3 Å². The summed E-state index contributed by atoms with van der Waals surface area (Å²) in [4.78, 5) is 49.2. The molecule has 0 fully saturated rings. The molecule has 6 N–H and O–H groups in total. The SMILES string of the molecule is Cc1ccc(C(=O)NC(Cc2ccccc2)C(=O)NCC(=O)NC(CCCCN)C(=O)O)cc1. The van der Waals surface area contributed by atoms with E-state index in [1.807, 2.05) is 37.3 Å². The highest BCUT2D eigenvalue weighted by Crippen LogP contribution is 2.07. The van der Waals surface area contributed by atoms with Gasteiger partial charge in [-0.25, -0.2) is 4.79 Å². The van der Waals surface area contributed by atoms with E-state index < -0.39 is 42.3 Å². The zero-order valence-electron chi connectivity index (χ0n) is 19.3. The van der Waals surface area contributed by atoms with Crippen LogP contribution in [0.25, 0.3) is 0 Å². The number of nitrogens with one attached hydrogen (secondary N) is 3. The molecule has 182 valence electrons. The van der Waals surface area contributed by atoms with E-state index in [1.54, 1.807) is 24.3 Å². The fourth-order valence-corrected chi connectivity index (χ4v) is 3.29. The lowest BCUT2D eigenvalue weighted by molar-refractivity contribution is -0.142. The van der Waals surface area contributed by atoms with Crippen molar-refractivity contribution in [1.29, 1.82) is 0 Å². The number of aryl methyl sites for hydroxylation is 1. The minimum atomic E-state index is -1.15. The van der Waals surface area contributed by atoms with Crippen LogP contribution in [-0.2, 0) is 20.8 Å². The number of amides is 3. The van der Waals surface area contributed by atoms with Crippen LogP contribution in [0.2, 0.25) is 0 Å². The number of aliphatic carboxylic acids is 1. The molecule has 0 saturated heterocycles. The molecule has 9 heteroatoms. The van der Waals surface area contributed by atoms with Crippen LogP contribution in [0.3, 0.4) is 0 Å². The van der Waals surface area contributed by atoms with E-state index in [-0.39, 0.29) is 12.8 Å². The van der Waals surface area contributed by atoms with Gasteiger partial charge in [0.25, 0.3) is 5.91 Å². The zero-order valence-corrected chi connectivity index (χ0v) is 19.3. The second-order valence-electron chi connectivity index (χ2n) is 8.04. The summed E-state index contributed by atoms with van der Waals surface area (Å²) in [5.41, 5.74) is 7.67. The molecule has 2 rings (SSSR count). The Kier molecular flexibility index (Phi) is 10.7. The standard InChI is InChI=1S/C25H32N4O5/c1-17-10-12-19(13-11-17)23(31)29-21(15-18-7-3-2-4-8-18)24(32)27-16-22(30)28-20(25(33)34)9-5-6-14-26/h2-4,7-8,10-13,20-21H,5-6,9,14-16,26H2,1H3,(H,27,32)(H,28,30)(H,29,31)(H,33,34). The van der Waals surface area contributed by atoms with E-state index in [1.165, 1.54) is 0 Å². The fraction of sp³-hybridized carbons (Fsp3) is 0.360. The van der Waals surface area contributed by atoms with E-state index in [0.29, 0.717) is 24.9 Å². The van der Waals surface area contributed by atoms with Crippen LogP contribution in [0.5, 0.6) is 0 Å². The lowest BCUT2D eigenvalue weighted by Crippen LogP contribution is -2.51. The number of carboxylic acids is 1. The summed E-state index contributed by atoms with van der Waals surface area (Å²) in [6.45, 7) is 1.93. The number of carbonyl (C=O) groups excluding carboxylic acids is 3. The Hall–Kier alpha value is -3.72. The van der Waals surface area contributed by atoms with Gasteiger partial charge in [0.05, 0.1) is 6.54 Å². The Morgan fingerprint density at radius 2 is 1.59 bits per heavy atom. The molecular weight excluding hydrogens is 436 g/mol. The topological polar surface area (TPSA) is 151 Å². The third-order valence-electron chi connectivity index (χ3n) is 5.22. The van der Waals surface area contributed by atoms with Crippen molar-refractivity contribution < 1.29 is 24.3 Å². The molecule has 9 nitrogen and oxygen atoms in total. The van der Waals surface area contributed by atoms with Gasteiger partial charge in [-0.3, -0.25) is 14.4 Å². The molecule has 0 aliphatic heterocycles. The Bertz CT molecular complexity index is 963. The van der Waals surface area contributed by atoms with Crippen molar-refractivity contribution >= 4 is 23.7 Å². The van der Waals surface area contributed by atoms with Crippen molar-refractivity contribution in [3.05, 3.63) is 71.3 Å². The van der Waals surface area contributed by atoms with Crippen molar-refractivity contribution in [2.75, 3.05) is 13.1 Å². The summed E-state index contributed by atoms with van der Waals surface area (Å²) in [5, 5.41) is 16.9. The number of carboxylic acid groups (broad SMARTS) is 1. The maximum Gasteiger partial charge on any atom is 0.326 e. The van der Waals surface area contributed by atoms with Crippen molar-refractivity contribution in [3.63, 3.8) is 0 Å². The minimum Gasteiger partial charge on any atom is -0.480 e. The van der Waals surface area contributed by atoms with Crippen LogP contribution < -0.4 is 21.7 Å². The van der Waals surface area contributed by atoms with Gasteiger partial charge in [0.2, 0.25) is 11.8 Å². The molecule has 0 spiro atoms. The van der Waals surface area contributed by atoms with Crippen molar-refractivity contribution in [2.24, 2.45) is 5.73 Å². The van der Waals surface area contributed by atoms with Gasteiger partial charge in [-0.15, -0.1) is 0 Å². The van der Waals surface area contributed by atoms with Gasteiger partial charge in [-0.1, -0.05) is 48.0 Å². The molecule has 34 heavy (non-hydrogen) atoms. The van der Waals surface area contributed by atoms with Gasteiger partial charge < -0.3 is 26.8 Å². The highest BCUT2D eigenvalue weighted by Gasteiger charge is 2.24. The first-order valence-electron chi connectivity index (χ1n) is 11.2. The third kappa shape index (κ3) is 9.03. The van der Waals surface area contributed by atoms with Crippen molar-refractivity contribution in [2.45, 2.75) is 44.7 Å². The molecule has 0 bridgehead atoms. The normalized spacial score (nSPS) is 12.3. The van der Waals surface area contributed by atoms with Gasteiger partial charge in [0.15, 0.2) is 0 Å². The van der Waals surface area contributed by atoms with E-state index in [2.05, 4.69) is 16.0 Å². The minimum absolute atomic E-state index is 0.225. The lowest BCUT2D eigenvalue weighted by atomic mass is 10.0. The number of unbranched alkanes of at least 4 members (excludes halogenated alkanes) is 1. The quantitative estimate of drug-likeness (QED) is 0.278. The lowest BCUT2D eigenvalue weighted by Gasteiger charge is -2.19. The molecule has 2 aromatic rings. The van der Waals surface area contributed by atoms with Crippen LogP contribution >= 0.6 is 0 Å². The van der Waals surface area contributed by atoms with E-state index >= 15 is 0 Å². The molecule has 0 heterocycles. The monoisotopic (exact) mass is 468 g/mol. The van der Waals surface area contributed by atoms with Crippen LogP contribution in [0.15, 0.2) is 54.6 Å². The summed E-state index contributed by atoms with van der Waals surface area (Å²) < 4.78 is 0. The molecule has 0 aromatic heterocycles. The predicted molar refractivity (Wildman–Crippen MR) is 128 cm³/mol. The molecule has 0 radical (unpaired) electrons. The maximum atomic E-state index is 12.9. The van der Waals surface area contributed by atoms with E-state index in [4.69, 9.17) is 5.73 Å². The molecule has 2 unspecified atom stereocenters. The van der Waals surface area contributed by atoms with Gasteiger partial charge in [-0.05, 0) is 50.4 Å². The Labute approximate surface area is 199 Å². The molecule has 0 saturated carbocycles. The van der Waals surface area contributed by atoms with Crippen molar-refractivity contribution in [1.82, 2.24) is 16.0 Å². The molecular formula is C25H32N4O5. The number of hydrogen-bond acceptors (Lipinski definition) is 5. The van der Waals surface area contributed by atoms with Crippen LogP contribution in [-0.4, -0.2) is 54.0 Å². The highest BCUT2D eigenvalue weighted by atomic mass is 16.4. The number of nitrogens with two attached hydrogens (primary N) is 1. The summed E-state index contributed by atoms with van der Waals surface area (Å²) in [7, 11) is 0. The Morgan fingerprint density at radius 3 is 2.21 bits per heavy atom. The average Bonchev–Trinajstić information content (AvgIpc) is 2.82. The third-order valence-corrected chi connectivity index (χ3v) is 5.22. The largest absolute Gasteiger partial charge is 0.480 e. The van der Waals surface area contributed by atoms with Gasteiger partial charge in [0.1, 0.15) is 12.1 Å². The smallest absolute Gasteiger partial charge is 0.326 e. The molecule has 0 aliphatic carbocycles. The molecule has 0 aliphatic rings. The summed E-state index contributed by atoms with van der Waals surface area (Å²) in [6.07, 6.45) is 1.68. The second-order valence-corrected chi connectivity index (χ2v) is 8.04. The Morgan fingerprint density at radius 1 is 0.912 bits per heavy atom. The van der Waals surface area contributed by atoms with Crippen molar-refractivity contribution in [3.8, 4) is 0 Å². The summed E-state index contributed by atoms with van der Waals surface area (Å²) in [5.74, 6) is -2.73. The highest BCUT2D eigenvalue weighted by molar-refractivity contribution is 5.98.